The highest BCUT2D eigenvalue weighted by Crippen LogP contribution is 2.51. The Hall–Kier alpha value is -0.730. The quantitative estimate of drug-likeness (QED) is 0.406. The van der Waals surface area contributed by atoms with E-state index in [9.17, 15) is 4.79 Å². The van der Waals surface area contributed by atoms with Gasteiger partial charge in [0.1, 0.15) is 5.60 Å². The summed E-state index contributed by atoms with van der Waals surface area (Å²) in [6, 6.07) is 0. The minimum atomic E-state index is -0.454. The molecule has 0 aromatic rings. The van der Waals surface area contributed by atoms with Crippen LogP contribution in [-0.4, -0.2) is 60.2 Å². The molecule has 0 aromatic heterocycles. The van der Waals surface area contributed by atoms with Crippen molar-refractivity contribution < 1.29 is 9.53 Å². The number of halogens is 1. The lowest BCUT2D eigenvalue weighted by molar-refractivity contribution is 0.0186. The van der Waals surface area contributed by atoms with Crippen molar-refractivity contribution in [3.8, 4) is 0 Å². The zero-order valence-electron chi connectivity index (χ0n) is 15.7. The van der Waals surface area contributed by atoms with Gasteiger partial charge in [0, 0.05) is 32.7 Å². The van der Waals surface area contributed by atoms with E-state index in [1.165, 1.54) is 12.8 Å². The summed E-state index contributed by atoms with van der Waals surface area (Å²) in [4.78, 5) is 20.5. The highest BCUT2D eigenvalue weighted by Gasteiger charge is 2.45. The summed E-state index contributed by atoms with van der Waals surface area (Å²) in [7, 11) is 0. The molecular formula is C17H33IN4O2. The first-order valence-electron chi connectivity index (χ1n) is 8.66. The number of carbonyl (C=O) groups excluding carboxylic acids is 1. The largest absolute Gasteiger partial charge is 0.444 e. The predicted octanol–water partition coefficient (Wildman–Crippen LogP) is 2.91. The van der Waals surface area contributed by atoms with Gasteiger partial charge in [-0.15, -0.1) is 24.0 Å². The first-order chi connectivity index (χ1) is 10.6. The summed E-state index contributed by atoms with van der Waals surface area (Å²) in [6.07, 6.45) is 2.27. The molecule has 1 aliphatic heterocycles. The van der Waals surface area contributed by atoms with E-state index in [0.29, 0.717) is 43.5 Å². The summed E-state index contributed by atoms with van der Waals surface area (Å²) in [5, 5.41) is 0. The van der Waals surface area contributed by atoms with Crippen LogP contribution < -0.4 is 5.73 Å². The van der Waals surface area contributed by atoms with E-state index in [1.807, 2.05) is 20.8 Å². The standard InChI is InChI=1S/C17H32N4O2.HI/c1-13(2)17(6-7-17)12-19-14(18)20-8-10-21(11-9-20)15(22)23-16(3,4)5;/h13H,6-12H2,1-5H3,(H2,18,19);1H. The Labute approximate surface area is 163 Å². The summed E-state index contributed by atoms with van der Waals surface area (Å²) < 4.78 is 5.41. The molecule has 2 aliphatic rings. The maximum absolute atomic E-state index is 12.1. The molecule has 1 saturated carbocycles. The summed E-state index contributed by atoms with van der Waals surface area (Å²) in [5.74, 6) is 1.27. The lowest BCUT2D eigenvalue weighted by atomic mass is 9.93. The molecule has 0 aromatic carbocycles. The number of aliphatic imine (C=N–C) groups is 1. The van der Waals surface area contributed by atoms with Crippen LogP contribution in [0.3, 0.4) is 0 Å². The smallest absolute Gasteiger partial charge is 0.410 e. The number of guanidine groups is 1. The zero-order chi connectivity index (χ0) is 17.3. The third-order valence-corrected chi connectivity index (χ3v) is 4.93. The number of rotatable bonds is 3. The fourth-order valence-electron chi connectivity index (χ4n) is 2.86. The molecule has 2 rings (SSSR count). The van der Waals surface area contributed by atoms with Crippen molar-refractivity contribution in [1.82, 2.24) is 9.80 Å². The maximum Gasteiger partial charge on any atom is 0.410 e. The van der Waals surface area contributed by atoms with Crippen molar-refractivity contribution in [3.05, 3.63) is 0 Å². The van der Waals surface area contributed by atoms with Crippen molar-refractivity contribution in [2.45, 2.75) is 53.1 Å². The molecule has 24 heavy (non-hydrogen) atoms. The molecule has 6 nitrogen and oxygen atoms in total. The van der Waals surface area contributed by atoms with Gasteiger partial charge in [0.2, 0.25) is 0 Å². The molecule has 1 heterocycles. The highest BCUT2D eigenvalue weighted by molar-refractivity contribution is 14.0. The van der Waals surface area contributed by atoms with E-state index >= 15 is 0 Å². The van der Waals surface area contributed by atoms with Gasteiger partial charge in [0.05, 0.1) is 0 Å². The van der Waals surface area contributed by atoms with Crippen molar-refractivity contribution in [2.24, 2.45) is 22.1 Å². The van der Waals surface area contributed by atoms with Crippen LogP contribution in [0.25, 0.3) is 0 Å². The molecule has 1 saturated heterocycles. The number of amides is 1. The second-order valence-corrected chi connectivity index (χ2v) is 8.15. The first-order valence-corrected chi connectivity index (χ1v) is 8.66. The van der Waals surface area contributed by atoms with Crippen LogP contribution in [0.4, 0.5) is 4.79 Å². The number of nitrogens with zero attached hydrogens (tertiary/aromatic N) is 3. The Balaban J connectivity index is 0.00000288. The van der Waals surface area contributed by atoms with Gasteiger partial charge in [-0.1, -0.05) is 13.8 Å². The average Bonchev–Trinajstić information content (AvgIpc) is 3.24. The van der Waals surface area contributed by atoms with Crippen molar-refractivity contribution in [1.29, 1.82) is 0 Å². The van der Waals surface area contributed by atoms with Crippen molar-refractivity contribution >= 4 is 36.0 Å². The second kappa shape index (κ2) is 8.10. The Morgan fingerprint density at radius 2 is 1.67 bits per heavy atom. The summed E-state index contributed by atoms with van der Waals surface area (Å²) in [5.41, 5.74) is 6.07. The Kier molecular flexibility index (Phi) is 7.19. The van der Waals surface area contributed by atoms with Crippen LogP contribution in [0.1, 0.15) is 47.5 Å². The fourth-order valence-corrected chi connectivity index (χ4v) is 2.86. The van der Waals surface area contributed by atoms with Crippen LogP contribution in [0.5, 0.6) is 0 Å². The monoisotopic (exact) mass is 452 g/mol. The minimum Gasteiger partial charge on any atom is -0.444 e. The van der Waals surface area contributed by atoms with E-state index in [1.54, 1.807) is 4.90 Å². The normalized spacial score (nSPS) is 20.7. The fraction of sp³-hybridized carbons (Fsp3) is 0.882. The molecule has 140 valence electrons. The molecule has 2 N–H and O–H groups in total. The van der Waals surface area contributed by atoms with E-state index in [4.69, 9.17) is 10.5 Å². The highest BCUT2D eigenvalue weighted by atomic mass is 127. The van der Waals surface area contributed by atoms with Crippen LogP contribution in [0.2, 0.25) is 0 Å². The van der Waals surface area contributed by atoms with E-state index in [-0.39, 0.29) is 30.1 Å². The zero-order valence-corrected chi connectivity index (χ0v) is 18.0. The van der Waals surface area contributed by atoms with Crippen LogP contribution in [-0.2, 0) is 4.74 Å². The number of hydrogen-bond acceptors (Lipinski definition) is 3. The molecule has 1 aliphatic carbocycles. The van der Waals surface area contributed by atoms with Gasteiger partial charge in [0.25, 0.3) is 0 Å². The van der Waals surface area contributed by atoms with Crippen LogP contribution in [0.15, 0.2) is 4.99 Å². The third kappa shape index (κ3) is 5.67. The molecule has 0 unspecified atom stereocenters. The topological polar surface area (TPSA) is 71.2 Å². The van der Waals surface area contributed by atoms with E-state index in [2.05, 4.69) is 23.7 Å². The molecular weight excluding hydrogens is 419 g/mol. The molecule has 7 heteroatoms. The first kappa shape index (κ1) is 21.3. The van der Waals surface area contributed by atoms with Gasteiger partial charge in [-0.05, 0) is 44.9 Å². The molecule has 0 bridgehead atoms. The minimum absolute atomic E-state index is 0. The average molecular weight is 452 g/mol. The summed E-state index contributed by atoms with van der Waals surface area (Å²) in [6.45, 7) is 13.7. The third-order valence-electron chi connectivity index (χ3n) is 4.93. The number of carbonyl (C=O) groups is 1. The number of piperazine rings is 1. The van der Waals surface area contributed by atoms with Crippen LogP contribution in [0, 0.1) is 11.3 Å². The van der Waals surface area contributed by atoms with Gasteiger partial charge in [0.15, 0.2) is 5.96 Å². The van der Waals surface area contributed by atoms with Crippen molar-refractivity contribution in [2.75, 3.05) is 32.7 Å². The number of ether oxygens (including phenoxy) is 1. The lowest BCUT2D eigenvalue weighted by Gasteiger charge is -2.36. The van der Waals surface area contributed by atoms with Crippen LogP contribution >= 0.6 is 24.0 Å². The number of nitrogens with two attached hydrogens (primary N) is 1. The molecule has 0 radical (unpaired) electrons. The molecule has 0 atom stereocenters. The SMILES string of the molecule is CC(C)C1(CN=C(N)N2CCN(C(=O)OC(C)(C)C)CC2)CC1.I. The maximum atomic E-state index is 12.1. The predicted molar refractivity (Wildman–Crippen MR) is 108 cm³/mol. The van der Waals surface area contributed by atoms with Gasteiger partial charge >= 0.3 is 6.09 Å². The molecule has 2 fully saturated rings. The Bertz CT molecular complexity index is 462. The second-order valence-electron chi connectivity index (χ2n) is 8.15. The van der Waals surface area contributed by atoms with Gasteiger partial charge in [-0.25, -0.2) is 4.79 Å². The molecule has 1 amide bonds. The lowest BCUT2D eigenvalue weighted by Crippen LogP contribution is -2.53. The Morgan fingerprint density at radius 3 is 2.08 bits per heavy atom. The van der Waals surface area contributed by atoms with Crippen molar-refractivity contribution in [3.63, 3.8) is 0 Å². The Morgan fingerprint density at radius 1 is 1.17 bits per heavy atom. The summed E-state index contributed by atoms with van der Waals surface area (Å²) >= 11 is 0. The van der Waals surface area contributed by atoms with Gasteiger partial charge in [-0.2, -0.15) is 0 Å². The van der Waals surface area contributed by atoms with Gasteiger partial charge < -0.3 is 20.3 Å². The van der Waals surface area contributed by atoms with E-state index < -0.39 is 5.60 Å². The van der Waals surface area contributed by atoms with E-state index in [0.717, 1.165) is 6.54 Å². The number of hydrogen-bond donors (Lipinski definition) is 1. The van der Waals surface area contributed by atoms with Gasteiger partial charge in [-0.3, -0.25) is 4.99 Å². The molecule has 0 spiro atoms.